The monoisotopic (exact) mass is 511 g/mol. The molecule has 8 heteroatoms. The van der Waals surface area contributed by atoms with E-state index in [9.17, 15) is 15.0 Å². The van der Waals surface area contributed by atoms with Crippen molar-refractivity contribution in [1.82, 2.24) is 4.90 Å². The van der Waals surface area contributed by atoms with E-state index in [0.717, 1.165) is 55.2 Å². The Bertz CT molecular complexity index is 1050. The molecule has 0 amide bonds. The Morgan fingerprint density at radius 3 is 2.43 bits per heavy atom. The van der Waals surface area contributed by atoms with Crippen LogP contribution in [0.3, 0.4) is 0 Å². The molecule has 2 aromatic rings. The van der Waals surface area contributed by atoms with Gasteiger partial charge < -0.3 is 29.2 Å². The average Bonchev–Trinajstić information content (AvgIpc) is 3.45. The summed E-state index contributed by atoms with van der Waals surface area (Å²) in [5.74, 6) is 0.210. The lowest BCUT2D eigenvalue weighted by molar-refractivity contribution is -0.170. The molecule has 8 nitrogen and oxygen atoms in total. The molecule has 0 bridgehead atoms. The van der Waals surface area contributed by atoms with E-state index in [1.165, 1.54) is 0 Å². The largest absolute Gasteiger partial charge is 0.493 e. The fourth-order valence-corrected chi connectivity index (χ4v) is 5.76. The Morgan fingerprint density at radius 1 is 1.03 bits per heavy atom. The molecule has 0 radical (unpaired) electrons. The van der Waals surface area contributed by atoms with Gasteiger partial charge in [-0.15, -0.1) is 0 Å². The molecule has 5 rings (SSSR count). The Hall–Kier alpha value is -2.65. The number of benzene rings is 2. The van der Waals surface area contributed by atoms with Crippen LogP contribution in [0.25, 0.3) is 0 Å². The van der Waals surface area contributed by atoms with Gasteiger partial charge in [0.2, 0.25) is 0 Å². The van der Waals surface area contributed by atoms with Gasteiger partial charge in [0.25, 0.3) is 0 Å². The van der Waals surface area contributed by atoms with Crippen LogP contribution in [-0.4, -0.2) is 65.9 Å². The van der Waals surface area contributed by atoms with Crippen LogP contribution in [0.2, 0.25) is 0 Å². The zero-order valence-electron chi connectivity index (χ0n) is 21.4. The predicted octanol–water partition coefficient (Wildman–Crippen LogP) is 4.08. The standard InChI is InChI=1S/C29H37NO7/c1-34-25-12-11-20-18-30(24(29(32)33)17-23(20)27(25)37-22-13-15-35-16-14-22)28(31)26(19-7-3-2-4-8-19)36-21-9-5-6-10-21/h2-4,7-8,11-12,21-22,24,26,28,31H,5-6,9-10,13-18H2,1H3,(H,32,33)/t24-,26-,28?/m0/s1. The number of carboxylic acid groups (broad SMARTS) is 1. The minimum atomic E-state index is -1.13. The molecule has 3 atom stereocenters. The molecule has 37 heavy (non-hydrogen) atoms. The highest BCUT2D eigenvalue weighted by molar-refractivity contribution is 5.75. The van der Waals surface area contributed by atoms with Crippen LogP contribution < -0.4 is 9.47 Å². The summed E-state index contributed by atoms with van der Waals surface area (Å²) >= 11 is 0. The number of nitrogens with zero attached hydrogens (tertiary/aromatic N) is 1. The second-order valence-electron chi connectivity index (χ2n) is 10.2. The van der Waals surface area contributed by atoms with Gasteiger partial charge in [-0.3, -0.25) is 9.69 Å². The third kappa shape index (κ3) is 5.77. The third-order valence-corrected chi connectivity index (χ3v) is 7.81. The van der Waals surface area contributed by atoms with E-state index in [0.29, 0.717) is 24.7 Å². The van der Waals surface area contributed by atoms with Crippen molar-refractivity contribution >= 4 is 5.97 Å². The highest BCUT2D eigenvalue weighted by Crippen LogP contribution is 2.41. The number of aliphatic carboxylic acids is 1. The zero-order chi connectivity index (χ0) is 25.8. The van der Waals surface area contributed by atoms with Gasteiger partial charge in [-0.25, -0.2) is 0 Å². The van der Waals surface area contributed by atoms with Crippen LogP contribution in [0, 0.1) is 0 Å². The number of ether oxygens (including phenoxy) is 4. The third-order valence-electron chi connectivity index (χ3n) is 7.81. The van der Waals surface area contributed by atoms with E-state index in [4.69, 9.17) is 18.9 Å². The molecule has 1 saturated carbocycles. The van der Waals surface area contributed by atoms with Gasteiger partial charge in [0.15, 0.2) is 11.5 Å². The Labute approximate surface area is 218 Å². The molecule has 1 aliphatic carbocycles. The van der Waals surface area contributed by atoms with Crippen molar-refractivity contribution < 1.29 is 34.0 Å². The maximum absolute atomic E-state index is 12.6. The lowest BCUT2D eigenvalue weighted by atomic mass is 9.91. The number of methoxy groups -OCH3 is 1. The number of hydrogen-bond acceptors (Lipinski definition) is 7. The molecular formula is C29H37NO7. The Morgan fingerprint density at radius 2 is 1.76 bits per heavy atom. The Kier molecular flexibility index (Phi) is 8.30. The summed E-state index contributed by atoms with van der Waals surface area (Å²) in [4.78, 5) is 14.2. The minimum absolute atomic E-state index is 0.0108. The van der Waals surface area contributed by atoms with Gasteiger partial charge in [-0.2, -0.15) is 0 Å². The minimum Gasteiger partial charge on any atom is -0.493 e. The van der Waals surface area contributed by atoms with E-state index >= 15 is 0 Å². The van der Waals surface area contributed by atoms with E-state index in [1.807, 2.05) is 42.5 Å². The lowest BCUT2D eigenvalue weighted by Crippen LogP contribution is -2.53. The molecule has 1 saturated heterocycles. The molecule has 2 fully saturated rings. The van der Waals surface area contributed by atoms with Gasteiger partial charge >= 0.3 is 5.97 Å². The smallest absolute Gasteiger partial charge is 0.321 e. The number of aliphatic hydroxyl groups is 1. The first-order valence-corrected chi connectivity index (χ1v) is 13.3. The predicted molar refractivity (Wildman–Crippen MR) is 137 cm³/mol. The van der Waals surface area contributed by atoms with Gasteiger partial charge in [0.1, 0.15) is 24.5 Å². The number of rotatable bonds is 9. The van der Waals surface area contributed by atoms with Gasteiger partial charge in [0, 0.05) is 31.4 Å². The maximum atomic E-state index is 12.6. The quantitative estimate of drug-likeness (QED) is 0.520. The lowest BCUT2D eigenvalue weighted by Gasteiger charge is -2.41. The topological polar surface area (TPSA) is 97.7 Å². The van der Waals surface area contributed by atoms with Crippen LogP contribution in [0.1, 0.15) is 61.3 Å². The summed E-state index contributed by atoms with van der Waals surface area (Å²) in [6.45, 7) is 1.54. The van der Waals surface area contributed by atoms with Crippen molar-refractivity contribution in [3.8, 4) is 11.5 Å². The first-order valence-electron chi connectivity index (χ1n) is 13.3. The SMILES string of the molecule is COc1ccc2c(c1OC1CCOCC1)C[C@@H](C(=O)O)N(C(O)[C@@H](OC1CCCC1)c1ccccc1)C2. The summed E-state index contributed by atoms with van der Waals surface area (Å²) < 4.78 is 23.9. The normalized spacial score (nSPS) is 22.8. The molecule has 0 spiro atoms. The second kappa shape index (κ2) is 11.8. The molecule has 200 valence electrons. The first kappa shape index (κ1) is 26.0. The molecular weight excluding hydrogens is 474 g/mol. The van der Waals surface area contributed by atoms with Crippen LogP contribution >= 0.6 is 0 Å². The summed E-state index contributed by atoms with van der Waals surface area (Å²) in [6.07, 6.45) is 4.14. The Balaban J connectivity index is 1.46. The molecule has 0 aromatic heterocycles. The molecule has 2 heterocycles. The van der Waals surface area contributed by atoms with Gasteiger partial charge in [0.05, 0.1) is 26.4 Å². The van der Waals surface area contributed by atoms with Crippen LogP contribution in [-0.2, 0) is 27.2 Å². The number of fused-ring (bicyclic) bond motifs is 1. The molecule has 2 aliphatic heterocycles. The van der Waals surface area contributed by atoms with E-state index in [1.54, 1.807) is 12.0 Å². The molecule has 1 unspecified atom stereocenters. The summed E-state index contributed by atoms with van der Waals surface area (Å²) in [7, 11) is 1.59. The van der Waals surface area contributed by atoms with Crippen LogP contribution in [0.4, 0.5) is 0 Å². The van der Waals surface area contributed by atoms with Gasteiger partial charge in [-0.1, -0.05) is 49.2 Å². The average molecular weight is 512 g/mol. The summed E-state index contributed by atoms with van der Waals surface area (Å²) in [6, 6.07) is 12.5. The van der Waals surface area contributed by atoms with Crippen molar-refractivity contribution in [1.29, 1.82) is 0 Å². The van der Waals surface area contributed by atoms with Crippen molar-refractivity contribution in [2.45, 2.75) is 82.1 Å². The maximum Gasteiger partial charge on any atom is 0.321 e. The van der Waals surface area contributed by atoms with Crippen molar-refractivity contribution in [3.05, 3.63) is 59.2 Å². The van der Waals surface area contributed by atoms with Crippen LogP contribution in [0.15, 0.2) is 42.5 Å². The molecule has 3 aliphatic rings. The van der Waals surface area contributed by atoms with Crippen molar-refractivity contribution in [2.24, 2.45) is 0 Å². The van der Waals surface area contributed by atoms with Crippen molar-refractivity contribution in [2.75, 3.05) is 20.3 Å². The van der Waals surface area contributed by atoms with Crippen molar-refractivity contribution in [3.63, 3.8) is 0 Å². The number of carboxylic acids is 1. The number of aliphatic hydroxyl groups excluding tert-OH is 1. The fraction of sp³-hybridized carbons (Fsp3) is 0.552. The second-order valence-corrected chi connectivity index (χ2v) is 10.2. The number of hydrogen-bond donors (Lipinski definition) is 2. The molecule has 2 N–H and O–H groups in total. The highest BCUT2D eigenvalue weighted by Gasteiger charge is 2.41. The fourth-order valence-electron chi connectivity index (χ4n) is 5.76. The van der Waals surface area contributed by atoms with E-state index in [-0.39, 0.29) is 25.2 Å². The highest BCUT2D eigenvalue weighted by atomic mass is 16.5. The summed E-state index contributed by atoms with van der Waals surface area (Å²) in [5.41, 5.74) is 2.59. The zero-order valence-corrected chi connectivity index (χ0v) is 21.4. The van der Waals surface area contributed by atoms with E-state index < -0.39 is 24.3 Å². The van der Waals surface area contributed by atoms with Crippen LogP contribution in [0.5, 0.6) is 11.5 Å². The summed E-state index contributed by atoms with van der Waals surface area (Å²) in [5, 5.41) is 22.0. The molecule has 2 aromatic carbocycles. The van der Waals surface area contributed by atoms with Gasteiger partial charge in [-0.05, 0) is 30.0 Å². The van der Waals surface area contributed by atoms with E-state index in [2.05, 4.69) is 0 Å². The number of carbonyl (C=O) groups is 1. The first-order chi connectivity index (χ1) is 18.0.